The molecule has 0 amide bonds. The molecule has 0 saturated heterocycles. The predicted octanol–water partition coefficient (Wildman–Crippen LogP) is -1.14. The lowest BCUT2D eigenvalue weighted by molar-refractivity contribution is -0.161. The first-order valence-corrected chi connectivity index (χ1v) is 5.44. The first kappa shape index (κ1) is 20.6. The average Bonchev–Trinajstić information content (AvgIpc) is 2.32. The first-order valence-electron chi connectivity index (χ1n) is 5.44. The van der Waals surface area contributed by atoms with Gasteiger partial charge in [-0.25, -0.2) is 9.59 Å². The Morgan fingerprint density at radius 1 is 0.850 bits per heavy atom. The molecular weight excluding hydrogens is 296 g/mol. The summed E-state index contributed by atoms with van der Waals surface area (Å²) in [4.78, 5) is 43.1. The molecule has 9 nitrogen and oxygen atoms in total. The Balaban J connectivity index is 0. The average molecular weight is 313 g/mol. The number of carboxylic acid groups (broad SMARTS) is 2. The van der Waals surface area contributed by atoms with Gasteiger partial charge in [0.15, 0.2) is 0 Å². The van der Waals surface area contributed by atoms with Crippen molar-refractivity contribution in [3.8, 4) is 0 Å². The van der Waals surface area contributed by atoms with E-state index in [1.54, 1.807) is 0 Å². The molecule has 20 heavy (non-hydrogen) atoms. The van der Waals surface area contributed by atoms with Gasteiger partial charge in [0.25, 0.3) is 0 Å². The maximum atomic E-state index is 11.3. The van der Waals surface area contributed by atoms with Gasteiger partial charge in [-0.3, -0.25) is 9.59 Å². The van der Waals surface area contributed by atoms with Crippen molar-refractivity contribution >= 4 is 36.3 Å². The third-order valence-corrected chi connectivity index (χ3v) is 2.15. The lowest BCUT2D eigenvalue weighted by atomic mass is 10.1. The minimum atomic E-state index is -1.24. The fourth-order valence-corrected chi connectivity index (χ4v) is 1.04. The molecule has 10 heteroatoms. The zero-order valence-corrected chi connectivity index (χ0v) is 11.3. The van der Waals surface area contributed by atoms with E-state index in [-0.39, 0.29) is 38.1 Å². The van der Waals surface area contributed by atoms with E-state index in [1.165, 1.54) is 0 Å². The Morgan fingerprint density at radius 2 is 1.15 bits per heavy atom. The predicted molar refractivity (Wildman–Crippen MR) is 68.0 cm³/mol. The standard InChI is InChI=1S/C10H16N2O7.ClH/c11-5(1-3-7(13)14)9(17)19-10(18)6(12)2-4-8(15)16;/h5-6H,1-4,11-12H2,(H,13,14)(H,15,16);1H/t5-,6-;/m0./s1. The summed E-state index contributed by atoms with van der Waals surface area (Å²) in [5.74, 6) is -4.44. The van der Waals surface area contributed by atoms with E-state index in [9.17, 15) is 19.2 Å². The number of carbonyl (C=O) groups is 4. The largest absolute Gasteiger partial charge is 0.481 e. The molecule has 0 aromatic carbocycles. The molecule has 0 aliphatic rings. The summed E-state index contributed by atoms with van der Waals surface area (Å²) in [5, 5.41) is 16.8. The molecule has 116 valence electrons. The lowest BCUT2D eigenvalue weighted by Crippen LogP contribution is -2.40. The molecule has 0 spiro atoms. The SMILES string of the molecule is Cl.N[C@@H](CCC(=O)O)C(=O)OC(=O)[C@@H](N)CCC(=O)O. The van der Waals surface area contributed by atoms with Crippen LogP contribution in [0.25, 0.3) is 0 Å². The smallest absolute Gasteiger partial charge is 0.330 e. The Kier molecular flexibility index (Phi) is 10.4. The molecule has 0 aromatic rings. The summed E-state index contributed by atoms with van der Waals surface area (Å²) >= 11 is 0. The van der Waals surface area contributed by atoms with Gasteiger partial charge in [-0.05, 0) is 12.8 Å². The van der Waals surface area contributed by atoms with E-state index < -0.39 is 36.0 Å². The molecule has 2 atom stereocenters. The van der Waals surface area contributed by atoms with Gasteiger partial charge in [-0.15, -0.1) is 12.4 Å². The molecule has 0 radical (unpaired) electrons. The Labute approximate surface area is 120 Å². The van der Waals surface area contributed by atoms with Crippen LogP contribution in [0.2, 0.25) is 0 Å². The fraction of sp³-hybridized carbons (Fsp3) is 0.600. The molecule has 0 aromatic heterocycles. The molecular formula is C10H17ClN2O7. The molecule has 6 N–H and O–H groups in total. The van der Waals surface area contributed by atoms with Gasteiger partial charge in [0, 0.05) is 12.8 Å². The first-order chi connectivity index (χ1) is 8.73. The lowest BCUT2D eigenvalue weighted by Gasteiger charge is -2.12. The highest BCUT2D eigenvalue weighted by molar-refractivity contribution is 5.91. The molecule has 0 heterocycles. The zero-order valence-electron chi connectivity index (χ0n) is 10.5. The van der Waals surface area contributed by atoms with E-state index in [2.05, 4.69) is 4.74 Å². The number of carboxylic acids is 2. The van der Waals surface area contributed by atoms with Gasteiger partial charge >= 0.3 is 23.9 Å². The number of nitrogens with two attached hydrogens (primary N) is 2. The highest BCUT2D eigenvalue weighted by Crippen LogP contribution is 2.01. The van der Waals surface area contributed by atoms with Crippen molar-refractivity contribution < 1.29 is 34.1 Å². The monoisotopic (exact) mass is 312 g/mol. The normalized spacial score (nSPS) is 12.7. The van der Waals surface area contributed by atoms with E-state index in [0.29, 0.717) is 0 Å². The number of carbonyl (C=O) groups excluding carboxylic acids is 2. The van der Waals surface area contributed by atoms with Crippen molar-refractivity contribution in [3.05, 3.63) is 0 Å². The Hall–Kier alpha value is -1.71. The van der Waals surface area contributed by atoms with Crippen LogP contribution >= 0.6 is 12.4 Å². The van der Waals surface area contributed by atoms with Gasteiger partial charge in [-0.2, -0.15) is 0 Å². The second-order valence-corrected chi connectivity index (χ2v) is 3.82. The van der Waals surface area contributed by atoms with Crippen LogP contribution in [0, 0.1) is 0 Å². The minimum absolute atomic E-state index is 0. The third-order valence-electron chi connectivity index (χ3n) is 2.15. The highest BCUT2D eigenvalue weighted by Gasteiger charge is 2.23. The highest BCUT2D eigenvalue weighted by atomic mass is 35.5. The zero-order chi connectivity index (χ0) is 15.0. The van der Waals surface area contributed by atoms with Crippen LogP contribution in [0.5, 0.6) is 0 Å². The Bertz CT molecular complexity index is 341. The van der Waals surface area contributed by atoms with Crippen LogP contribution < -0.4 is 11.5 Å². The molecule has 0 bridgehead atoms. The minimum Gasteiger partial charge on any atom is -0.481 e. The number of aliphatic carboxylic acids is 2. The van der Waals surface area contributed by atoms with Crippen LogP contribution in [-0.4, -0.2) is 46.2 Å². The summed E-state index contributed by atoms with van der Waals surface area (Å²) < 4.78 is 4.32. The van der Waals surface area contributed by atoms with Gasteiger partial charge in [0.2, 0.25) is 0 Å². The van der Waals surface area contributed by atoms with Crippen LogP contribution in [0.15, 0.2) is 0 Å². The van der Waals surface area contributed by atoms with Crippen LogP contribution in [0.3, 0.4) is 0 Å². The summed E-state index contributed by atoms with van der Waals surface area (Å²) in [6, 6.07) is -2.49. The molecule has 0 saturated carbocycles. The van der Waals surface area contributed by atoms with Crippen LogP contribution in [0.1, 0.15) is 25.7 Å². The number of hydrogen-bond acceptors (Lipinski definition) is 7. The summed E-state index contributed by atoms with van der Waals surface area (Å²) in [6.07, 6.45) is -1.03. The van der Waals surface area contributed by atoms with Crippen molar-refractivity contribution in [1.82, 2.24) is 0 Å². The molecule has 0 rings (SSSR count). The summed E-state index contributed by atoms with van der Waals surface area (Å²) in [7, 11) is 0. The number of halogens is 1. The maximum absolute atomic E-state index is 11.3. The second kappa shape index (κ2) is 10.1. The second-order valence-electron chi connectivity index (χ2n) is 3.82. The molecule has 0 unspecified atom stereocenters. The van der Waals surface area contributed by atoms with Gasteiger partial charge < -0.3 is 26.4 Å². The van der Waals surface area contributed by atoms with Crippen LogP contribution in [0.4, 0.5) is 0 Å². The number of ether oxygens (including phenoxy) is 1. The van der Waals surface area contributed by atoms with Crippen LogP contribution in [-0.2, 0) is 23.9 Å². The van der Waals surface area contributed by atoms with Crippen molar-refractivity contribution in [2.24, 2.45) is 11.5 Å². The van der Waals surface area contributed by atoms with Crippen molar-refractivity contribution in [3.63, 3.8) is 0 Å². The quantitative estimate of drug-likeness (QED) is 0.319. The molecule has 0 aliphatic heterocycles. The topological polar surface area (TPSA) is 170 Å². The van der Waals surface area contributed by atoms with E-state index in [1.807, 2.05) is 0 Å². The van der Waals surface area contributed by atoms with Crippen molar-refractivity contribution in [2.75, 3.05) is 0 Å². The number of rotatable bonds is 8. The van der Waals surface area contributed by atoms with E-state index in [0.717, 1.165) is 0 Å². The fourth-order valence-electron chi connectivity index (χ4n) is 1.04. The van der Waals surface area contributed by atoms with Crippen molar-refractivity contribution in [1.29, 1.82) is 0 Å². The van der Waals surface area contributed by atoms with Gasteiger partial charge in [0.05, 0.1) is 0 Å². The van der Waals surface area contributed by atoms with E-state index in [4.69, 9.17) is 21.7 Å². The third kappa shape index (κ3) is 9.25. The number of esters is 2. The van der Waals surface area contributed by atoms with Crippen molar-refractivity contribution in [2.45, 2.75) is 37.8 Å². The summed E-state index contributed by atoms with van der Waals surface area (Å²) in [6.45, 7) is 0. The van der Waals surface area contributed by atoms with Gasteiger partial charge in [-0.1, -0.05) is 0 Å². The summed E-state index contributed by atoms with van der Waals surface area (Å²) in [5.41, 5.74) is 10.6. The van der Waals surface area contributed by atoms with E-state index >= 15 is 0 Å². The Morgan fingerprint density at radius 3 is 1.40 bits per heavy atom. The maximum Gasteiger partial charge on any atom is 0.330 e. The number of hydrogen-bond donors (Lipinski definition) is 4. The molecule has 0 aliphatic carbocycles. The molecule has 0 fully saturated rings. The van der Waals surface area contributed by atoms with Gasteiger partial charge in [0.1, 0.15) is 12.1 Å².